The van der Waals surface area contributed by atoms with E-state index in [1.165, 1.54) is 24.5 Å². The van der Waals surface area contributed by atoms with Crippen molar-refractivity contribution in [2.75, 3.05) is 11.9 Å². The lowest BCUT2D eigenvalue weighted by molar-refractivity contribution is 0.102. The van der Waals surface area contributed by atoms with Gasteiger partial charge in [-0.05, 0) is 49.4 Å². The third-order valence-electron chi connectivity index (χ3n) is 4.05. The van der Waals surface area contributed by atoms with Crippen molar-refractivity contribution in [2.24, 2.45) is 0 Å². The average Bonchev–Trinajstić information content (AvgIpc) is 3.42. The van der Waals surface area contributed by atoms with Crippen LogP contribution in [0.1, 0.15) is 17.3 Å². The molecule has 0 radical (unpaired) electrons. The zero-order valence-electron chi connectivity index (χ0n) is 15.4. The molecule has 0 fully saturated rings. The molecule has 0 bridgehead atoms. The van der Waals surface area contributed by atoms with Gasteiger partial charge in [-0.1, -0.05) is 12.1 Å². The van der Waals surface area contributed by atoms with Gasteiger partial charge in [0.05, 0.1) is 24.1 Å². The van der Waals surface area contributed by atoms with Crippen LogP contribution < -0.4 is 10.1 Å². The molecule has 2 aromatic heterocycles. The molecule has 146 valence electrons. The summed E-state index contributed by atoms with van der Waals surface area (Å²) in [5.41, 5.74) is 0.735. The van der Waals surface area contributed by atoms with Crippen molar-refractivity contribution >= 4 is 11.6 Å². The first kappa shape index (κ1) is 18.4. The number of amides is 1. The predicted molar refractivity (Wildman–Crippen MR) is 103 cm³/mol. The van der Waals surface area contributed by atoms with Crippen LogP contribution in [0.25, 0.3) is 23.1 Å². The molecular formula is C21H16FN3O4. The van der Waals surface area contributed by atoms with Crippen molar-refractivity contribution in [1.82, 2.24) is 10.2 Å². The van der Waals surface area contributed by atoms with Crippen LogP contribution in [0.4, 0.5) is 10.1 Å². The molecule has 2 aromatic carbocycles. The summed E-state index contributed by atoms with van der Waals surface area (Å²) in [7, 11) is 0. The van der Waals surface area contributed by atoms with Gasteiger partial charge in [0.25, 0.3) is 11.8 Å². The van der Waals surface area contributed by atoms with Gasteiger partial charge in [-0.25, -0.2) is 4.39 Å². The molecule has 1 N–H and O–H groups in total. The van der Waals surface area contributed by atoms with E-state index in [-0.39, 0.29) is 17.5 Å². The van der Waals surface area contributed by atoms with Crippen molar-refractivity contribution in [3.63, 3.8) is 0 Å². The Balaban J connectivity index is 1.60. The molecule has 0 aliphatic carbocycles. The molecule has 4 rings (SSSR count). The van der Waals surface area contributed by atoms with Crippen molar-refractivity contribution in [3.8, 4) is 28.9 Å². The van der Waals surface area contributed by atoms with E-state index in [1.54, 1.807) is 36.4 Å². The summed E-state index contributed by atoms with van der Waals surface area (Å²) in [5, 5.41) is 10.4. The Morgan fingerprint density at radius 3 is 2.72 bits per heavy atom. The van der Waals surface area contributed by atoms with E-state index in [9.17, 15) is 9.18 Å². The van der Waals surface area contributed by atoms with Crippen molar-refractivity contribution in [2.45, 2.75) is 6.92 Å². The van der Waals surface area contributed by atoms with E-state index >= 15 is 0 Å². The molecule has 0 saturated heterocycles. The third-order valence-corrected chi connectivity index (χ3v) is 4.05. The molecular weight excluding hydrogens is 377 g/mol. The molecule has 0 spiro atoms. The first-order valence-electron chi connectivity index (χ1n) is 8.86. The Hall–Kier alpha value is -3.94. The molecule has 4 aromatic rings. The Morgan fingerprint density at radius 2 is 1.93 bits per heavy atom. The Bertz CT molecular complexity index is 1140. The first-order chi connectivity index (χ1) is 14.2. The van der Waals surface area contributed by atoms with E-state index < -0.39 is 11.7 Å². The van der Waals surface area contributed by atoms with Gasteiger partial charge in [0, 0.05) is 5.56 Å². The number of anilines is 1. The lowest BCUT2D eigenvalue weighted by Gasteiger charge is -2.11. The van der Waals surface area contributed by atoms with Gasteiger partial charge in [-0.2, -0.15) is 0 Å². The summed E-state index contributed by atoms with van der Waals surface area (Å²) >= 11 is 0. The normalized spacial score (nSPS) is 10.7. The highest BCUT2D eigenvalue weighted by Crippen LogP contribution is 2.28. The van der Waals surface area contributed by atoms with Gasteiger partial charge < -0.3 is 18.9 Å². The number of ether oxygens (including phenoxy) is 1. The summed E-state index contributed by atoms with van der Waals surface area (Å²) in [5.74, 6) is 0.122. The van der Waals surface area contributed by atoms with Crippen LogP contribution in [-0.2, 0) is 0 Å². The van der Waals surface area contributed by atoms with Crippen molar-refractivity contribution in [1.29, 1.82) is 0 Å². The maximum absolute atomic E-state index is 14.3. The molecule has 7 nitrogen and oxygen atoms in total. The summed E-state index contributed by atoms with van der Waals surface area (Å²) < 4.78 is 30.6. The van der Waals surface area contributed by atoms with Gasteiger partial charge in [0.2, 0.25) is 5.89 Å². The predicted octanol–water partition coefficient (Wildman–Crippen LogP) is 4.79. The number of benzene rings is 2. The molecule has 29 heavy (non-hydrogen) atoms. The fourth-order valence-corrected chi connectivity index (χ4v) is 2.72. The fourth-order valence-electron chi connectivity index (χ4n) is 2.72. The Kier molecular flexibility index (Phi) is 5.07. The maximum Gasteiger partial charge on any atom is 0.283 e. The van der Waals surface area contributed by atoms with E-state index in [4.69, 9.17) is 13.6 Å². The number of rotatable bonds is 6. The molecule has 0 unspecified atom stereocenters. The second-order valence-electron chi connectivity index (χ2n) is 5.97. The van der Waals surface area contributed by atoms with Gasteiger partial charge in [0.15, 0.2) is 5.76 Å². The van der Waals surface area contributed by atoms with Crippen LogP contribution in [0.5, 0.6) is 5.75 Å². The molecule has 1 amide bonds. The molecule has 0 aliphatic heterocycles. The molecule has 2 heterocycles. The largest absolute Gasteiger partial charge is 0.493 e. The van der Waals surface area contributed by atoms with Crippen LogP contribution in [0.3, 0.4) is 0 Å². The van der Waals surface area contributed by atoms with Crippen LogP contribution in [0, 0.1) is 5.82 Å². The first-order valence-corrected chi connectivity index (χ1v) is 8.86. The highest BCUT2D eigenvalue weighted by molar-refractivity contribution is 6.06. The second-order valence-corrected chi connectivity index (χ2v) is 5.97. The number of para-hydroxylation sites is 1. The highest BCUT2D eigenvalue weighted by Gasteiger charge is 2.17. The van der Waals surface area contributed by atoms with Gasteiger partial charge in [0.1, 0.15) is 11.6 Å². The summed E-state index contributed by atoms with van der Waals surface area (Å²) in [6.07, 6.45) is 1.49. The quantitative estimate of drug-likeness (QED) is 0.507. The van der Waals surface area contributed by atoms with Crippen molar-refractivity contribution in [3.05, 3.63) is 72.2 Å². The van der Waals surface area contributed by atoms with Crippen LogP contribution >= 0.6 is 0 Å². The van der Waals surface area contributed by atoms with Crippen LogP contribution in [0.2, 0.25) is 0 Å². The van der Waals surface area contributed by atoms with Gasteiger partial charge in [-0.3, -0.25) is 4.79 Å². The Morgan fingerprint density at radius 1 is 1.10 bits per heavy atom. The zero-order valence-corrected chi connectivity index (χ0v) is 15.4. The minimum atomic E-state index is -0.596. The highest BCUT2D eigenvalue weighted by atomic mass is 19.1. The summed E-state index contributed by atoms with van der Waals surface area (Å²) in [6.45, 7) is 2.22. The second kappa shape index (κ2) is 7.97. The number of nitrogens with zero attached hydrogens (tertiary/aromatic N) is 2. The van der Waals surface area contributed by atoms with Gasteiger partial charge >= 0.3 is 0 Å². The SMILES string of the molecule is CCOc1ccccc1C(=O)Nc1cc(-c2nnc(-c3ccco3)o2)ccc1F. The van der Waals surface area contributed by atoms with Crippen molar-refractivity contribution < 1.29 is 22.8 Å². The third kappa shape index (κ3) is 3.86. The smallest absolute Gasteiger partial charge is 0.283 e. The summed E-state index contributed by atoms with van der Waals surface area (Å²) in [4.78, 5) is 12.6. The number of nitrogens with one attached hydrogen (secondary N) is 1. The summed E-state index contributed by atoms with van der Waals surface area (Å²) in [6, 6.07) is 14.3. The molecule has 8 heteroatoms. The topological polar surface area (TPSA) is 90.4 Å². The average molecular weight is 393 g/mol. The lowest BCUT2D eigenvalue weighted by atomic mass is 10.1. The minimum absolute atomic E-state index is 0.0171. The molecule has 0 aliphatic rings. The number of furan rings is 1. The van der Waals surface area contributed by atoms with E-state index in [2.05, 4.69) is 15.5 Å². The number of aromatic nitrogens is 2. The zero-order chi connectivity index (χ0) is 20.2. The standard InChI is InChI=1S/C21H16FN3O4/c1-2-27-17-7-4-3-6-14(17)19(26)23-16-12-13(9-10-15(16)22)20-24-25-21(29-20)18-8-5-11-28-18/h3-12H,2H2,1H3,(H,23,26). The van der Waals surface area contributed by atoms with E-state index in [0.717, 1.165) is 0 Å². The van der Waals surface area contributed by atoms with E-state index in [1.807, 2.05) is 6.92 Å². The van der Waals surface area contributed by atoms with Crippen LogP contribution in [0.15, 0.2) is 69.7 Å². The van der Waals surface area contributed by atoms with Gasteiger partial charge in [-0.15, -0.1) is 10.2 Å². The number of hydrogen-bond acceptors (Lipinski definition) is 6. The monoisotopic (exact) mass is 393 g/mol. The van der Waals surface area contributed by atoms with E-state index in [0.29, 0.717) is 29.2 Å². The number of carbonyl (C=O) groups excluding carboxylic acids is 1. The number of carbonyl (C=O) groups is 1. The number of hydrogen-bond donors (Lipinski definition) is 1. The fraction of sp³-hybridized carbons (Fsp3) is 0.0952. The number of halogens is 1. The Labute approximate surface area is 165 Å². The lowest BCUT2D eigenvalue weighted by Crippen LogP contribution is -2.14. The maximum atomic E-state index is 14.3. The molecule has 0 atom stereocenters. The van der Waals surface area contributed by atoms with Crippen LogP contribution in [-0.4, -0.2) is 22.7 Å². The molecule has 0 saturated carbocycles. The minimum Gasteiger partial charge on any atom is -0.493 e.